The summed E-state index contributed by atoms with van der Waals surface area (Å²) in [6, 6.07) is 0. The maximum absolute atomic E-state index is 5.72. The van der Waals surface area contributed by atoms with E-state index in [1.807, 2.05) is 23.5 Å². The van der Waals surface area contributed by atoms with Crippen molar-refractivity contribution in [3.05, 3.63) is 0 Å². The van der Waals surface area contributed by atoms with Gasteiger partial charge in [0.2, 0.25) is 0 Å². The third-order valence-corrected chi connectivity index (χ3v) is 4.76. The van der Waals surface area contributed by atoms with Crippen LogP contribution in [0.5, 0.6) is 0 Å². The van der Waals surface area contributed by atoms with E-state index in [0.717, 1.165) is 15.7 Å². The van der Waals surface area contributed by atoms with Gasteiger partial charge in [0, 0.05) is 15.7 Å². The van der Waals surface area contributed by atoms with Gasteiger partial charge in [0.1, 0.15) is 0 Å². The minimum atomic E-state index is 0.725. The van der Waals surface area contributed by atoms with Gasteiger partial charge in [-0.25, -0.2) is 0 Å². The Morgan fingerprint density at radius 1 is 1.67 bits per heavy atom. The molecule has 0 aliphatic carbocycles. The van der Waals surface area contributed by atoms with Crippen molar-refractivity contribution in [2.45, 2.75) is 23.2 Å². The zero-order valence-electron chi connectivity index (χ0n) is 5.47. The van der Waals surface area contributed by atoms with E-state index in [1.54, 1.807) is 0 Å². The van der Waals surface area contributed by atoms with E-state index >= 15 is 0 Å². The molecule has 1 fully saturated rings. The summed E-state index contributed by atoms with van der Waals surface area (Å²) in [4.78, 5) is 0. The second kappa shape index (κ2) is 3.99. The Morgan fingerprint density at radius 3 is 2.89 bits per heavy atom. The van der Waals surface area contributed by atoms with Crippen LogP contribution in [0.4, 0.5) is 0 Å². The number of halogens is 1. The lowest BCUT2D eigenvalue weighted by Crippen LogP contribution is -2.15. The first-order valence-corrected chi connectivity index (χ1v) is 5.68. The first-order valence-electron chi connectivity index (χ1n) is 3.16. The third-order valence-electron chi connectivity index (χ3n) is 1.35. The van der Waals surface area contributed by atoms with Gasteiger partial charge in [0.25, 0.3) is 0 Å². The Morgan fingerprint density at radius 2 is 2.44 bits per heavy atom. The van der Waals surface area contributed by atoms with Crippen molar-refractivity contribution < 1.29 is 0 Å². The summed E-state index contributed by atoms with van der Waals surface area (Å²) in [5, 5.41) is 0.725. The summed E-state index contributed by atoms with van der Waals surface area (Å²) in [6.07, 6.45) is 1.29. The molecular formula is C6H11ClS2. The molecule has 0 N–H and O–H groups in total. The second-order valence-corrected chi connectivity index (χ2v) is 5.84. The monoisotopic (exact) mass is 182 g/mol. The Bertz CT molecular complexity index is 87.1. The van der Waals surface area contributed by atoms with E-state index in [0.29, 0.717) is 0 Å². The average Bonchev–Trinajstić information content (AvgIpc) is 1.88. The predicted octanol–water partition coefficient (Wildman–Crippen LogP) is 2.81. The molecule has 0 aromatic heterocycles. The van der Waals surface area contributed by atoms with Crippen LogP contribution in [0.2, 0.25) is 0 Å². The molecular weight excluding hydrogens is 172 g/mol. The van der Waals surface area contributed by atoms with Gasteiger partial charge >= 0.3 is 0 Å². The van der Waals surface area contributed by atoms with E-state index < -0.39 is 0 Å². The lowest BCUT2D eigenvalue weighted by atomic mass is 10.4. The van der Waals surface area contributed by atoms with Crippen LogP contribution in [0.3, 0.4) is 0 Å². The zero-order chi connectivity index (χ0) is 6.69. The SMILES string of the molecule is CC1SCCC(CCl)S1. The van der Waals surface area contributed by atoms with Crippen molar-refractivity contribution in [1.29, 1.82) is 0 Å². The highest BCUT2D eigenvalue weighted by Crippen LogP contribution is 2.35. The summed E-state index contributed by atoms with van der Waals surface area (Å²) < 4.78 is 0.766. The number of thioether (sulfide) groups is 2. The standard InChI is InChI=1S/C6H11ClS2/c1-5-8-3-2-6(4-7)9-5/h5-6H,2-4H2,1H3. The molecule has 3 heteroatoms. The minimum absolute atomic E-state index is 0.725. The van der Waals surface area contributed by atoms with Crippen LogP contribution >= 0.6 is 35.1 Å². The lowest BCUT2D eigenvalue weighted by Gasteiger charge is -2.23. The molecule has 1 rings (SSSR count). The first-order chi connectivity index (χ1) is 4.33. The molecule has 1 aliphatic heterocycles. The van der Waals surface area contributed by atoms with Crippen molar-refractivity contribution in [1.82, 2.24) is 0 Å². The molecule has 2 atom stereocenters. The molecule has 0 spiro atoms. The zero-order valence-corrected chi connectivity index (χ0v) is 7.86. The number of alkyl halides is 1. The molecule has 9 heavy (non-hydrogen) atoms. The number of hydrogen-bond acceptors (Lipinski definition) is 2. The molecule has 0 nitrogen and oxygen atoms in total. The summed E-state index contributed by atoms with van der Waals surface area (Å²) in [6.45, 7) is 2.26. The van der Waals surface area contributed by atoms with Crippen LogP contribution in [0.25, 0.3) is 0 Å². The van der Waals surface area contributed by atoms with Crippen LogP contribution in [-0.4, -0.2) is 21.5 Å². The largest absolute Gasteiger partial charge is 0.148 e. The van der Waals surface area contributed by atoms with E-state index in [-0.39, 0.29) is 0 Å². The summed E-state index contributed by atoms with van der Waals surface area (Å²) in [5.74, 6) is 2.13. The molecule has 2 unspecified atom stereocenters. The van der Waals surface area contributed by atoms with Crippen molar-refractivity contribution >= 4 is 35.1 Å². The Hall–Kier alpha value is 0.990. The maximum atomic E-state index is 5.72. The molecule has 54 valence electrons. The highest BCUT2D eigenvalue weighted by atomic mass is 35.5. The average molecular weight is 183 g/mol. The van der Waals surface area contributed by atoms with Gasteiger partial charge in [-0.05, 0) is 19.1 Å². The fourth-order valence-electron chi connectivity index (χ4n) is 0.857. The molecule has 1 heterocycles. The van der Waals surface area contributed by atoms with Gasteiger partial charge in [0.15, 0.2) is 0 Å². The van der Waals surface area contributed by atoms with Gasteiger partial charge in [-0.2, -0.15) is 0 Å². The van der Waals surface area contributed by atoms with Gasteiger partial charge in [0.05, 0.1) is 0 Å². The summed E-state index contributed by atoms with van der Waals surface area (Å²) >= 11 is 9.77. The molecule has 1 aliphatic rings. The minimum Gasteiger partial charge on any atom is -0.148 e. The first kappa shape index (κ1) is 8.09. The highest BCUT2D eigenvalue weighted by Gasteiger charge is 2.18. The van der Waals surface area contributed by atoms with Crippen LogP contribution in [0.15, 0.2) is 0 Å². The molecule has 0 saturated carbocycles. The van der Waals surface area contributed by atoms with Crippen molar-refractivity contribution in [2.24, 2.45) is 0 Å². The fraction of sp³-hybridized carbons (Fsp3) is 1.00. The van der Waals surface area contributed by atoms with Crippen LogP contribution in [-0.2, 0) is 0 Å². The van der Waals surface area contributed by atoms with E-state index in [4.69, 9.17) is 11.6 Å². The molecule has 0 aromatic carbocycles. The van der Waals surface area contributed by atoms with Gasteiger partial charge in [-0.15, -0.1) is 35.1 Å². The third kappa shape index (κ3) is 2.60. The Balaban J connectivity index is 2.23. The van der Waals surface area contributed by atoms with Gasteiger partial charge < -0.3 is 0 Å². The number of rotatable bonds is 1. The summed E-state index contributed by atoms with van der Waals surface area (Å²) in [7, 11) is 0. The summed E-state index contributed by atoms with van der Waals surface area (Å²) in [5.41, 5.74) is 0. The second-order valence-electron chi connectivity index (χ2n) is 2.14. The smallest absolute Gasteiger partial charge is 0.0477 e. The van der Waals surface area contributed by atoms with E-state index in [2.05, 4.69) is 6.92 Å². The van der Waals surface area contributed by atoms with Crippen molar-refractivity contribution in [3.63, 3.8) is 0 Å². The van der Waals surface area contributed by atoms with E-state index in [1.165, 1.54) is 12.2 Å². The van der Waals surface area contributed by atoms with Crippen LogP contribution < -0.4 is 0 Å². The maximum Gasteiger partial charge on any atom is 0.0477 e. The molecule has 0 amide bonds. The Labute approximate surface area is 70.1 Å². The van der Waals surface area contributed by atoms with Crippen molar-refractivity contribution in [3.8, 4) is 0 Å². The molecule has 1 saturated heterocycles. The normalized spacial score (nSPS) is 36.7. The quantitative estimate of drug-likeness (QED) is 0.573. The van der Waals surface area contributed by atoms with Crippen LogP contribution in [0.1, 0.15) is 13.3 Å². The van der Waals surface area contributed by atoms with Gasteiger partial charge in [-0.3, -0.25) is 0 Å². The molecule has 0 aromatic rings. The molecule has 0 radical (unpaired) electrons. The topological polar surface area (TPSA) is 0 Å². The number of hydrogen-bond donors (Lipinski definition) is 0. The molecule has 0 bridgehead atoms. The predicted molar refractivity (Wildman–Crippen MR) is 48.6 cm³/mol. The highest BCUT2D eigenvalue weighted by molar-refractivity contribution is 8.17. The fourth-order valence-corrected chi connectivity index (χ4v) is 4.07. The Kier molecular flexibility index (Phi) is 3.59. The van der Waals surface area contributed by atoms with Gasteiger partial charge in [-0.1, -0.05) is 0 Å². The van der Waals surface area contributed by atoms with Crippen molar-refractivity contribution in [2.75, 3.05) is 11.6 Å². The van der Waals surface area contributed by atoms with Crippen LogP contribution in [0, 0.1) is 0 Å². The van der Waals surface area contributed by atoms with E-state index in [9.17, 15) is 0 Å². The lowest BCUT2D eigenvalue weighted by molar-refractivity contribution is 0.911.